The van der Waals surface area contributed by atoms with Gasteiger partial charge in [0, 0.05) is 16.6 Å². The maximum absolute atomic E-state index is 12.5. The zero-order chi connectivity index (χ0) is 21.9. The lowest BCUT2D eigenvalue weighted by Gasteiger charge is -2.10. The van der Waals surface area contributed by atoms with E-state index in [1.807, 2.05) is 48.5 Å². The van der Waals surface area contributed by atoms with Crippen LogP contribution in [0.1, 0.15) is 23.3 Å². The number of nitrogens with two attached hydrogens (primary N) is 1. The van der Waals surface area contributed by atoms with Crippen LogP contribution >= 0.6 is 23.1 Å². The lowest BCUT2D eigenvalue weighted by Crippen LogP contribution is -2.14. The molecule has 2 aromatic carbocycles. The summed E-state index contributed by atoms with van der Waals surface area (Å²) in [5, 5.41) is 4.45. The first-order valence-corrected chi connectivity index (χ1v) is 12.3. The summed E-state index contributed by atoms with van der Waals surface area (Å²) in [5.74, 6) is 1.97. The van der Waals surface area contributed by atoms with Crippen LogP contribution in [0.4, 0.5) is 11.5 Å². The van der Waals surface area contributed by atoms with Gasteiger partial charge in [-0.15, -0.1) is 11.3 Å². The number of thiophene rings is 1. The summed E-state index contributed by atoms with van der Waals surface area (Å²) in [6.45, 7) is 0. The fraction of sp³-hybridized carbons (Fsp3) is 0.208. The highest BCUT2D eigenvalue weighted by atomic mass is 32.2. The highest BCUT2D eigenvalue weighted by Crippen LogP contribution is 2.38. The molecule has 3 N–H and O–H groups in total. The van der Waals surface area contributed by atoms with Gasteiger partial charge in [0.15, 0.2) is 5.16 Å². The van der Waals surface area contributed by atoms with E-state index < -0.39 is 0 Å². The molecule has 5 rings (SSSR count). The molecule has 8 heteroatoms. The minimum absolute atomic E-state index is 0.139. The Balaban J connectivity index is 1.23. The van der Waals surface area contributed by atoms with E-state index in [9.17, 15) is 4.79 Å². The minimum Gasteiger partial charge on any atom is -0.457 e. The summed E-state index contributed by atoms with van der Waals surface area (Å²) in [5.41, 5.74) is 8.26. The number of anilines is 2. The topological polar surface area (TPSA) is 90.1 Å². The first kappa shape index (κ1) is 20.8. The third kappa shape index (κ3) is 4.56. The zero-order valence-electron chi connectivity index (χ0n) is 17.3. The highest BCUT2D eigenvalue weighted by Gasteiger charge is 2.20. The SMILES string of the molecule is Nc1nc(SCC(=O)Nc2cccc(Oc3ccccc3)c2)nc2sc3c(c12)CCCC3. The molecule has 0 spiro atoms. The summed E-state index contributed by atoms with van der Waals surface area (Å²) in [7, 11) is 0. The maximum atomic E-state index is 12.5. The number of hydrogen-bond acceptors (Lipinski definition) is 7. The predicted octanol–water partition coefficient (Wildman–Crippen LogP) is 5.68. The van der Waals surface area contributed by atoms with E-state index in [-0.39, 0.29) is 11.7 Å². The number of benzene rings is 2. The molecule has 0 unspecified atom stereocenters. The molecule has 2 aromatic heterocycles. The number of aryl methyl sites for hydroxylation is 2. The van der Waals surface area contributed by atoms with Crippen LogP contribution in [0.3, 0.4) is 0 Å². The van der Waals surface area contributed by atoms with Crippen LogP contribution in [-0.4, -0.2) is 21.6 Å². The lowest BCUT2D eigenvalue weighted by molar-refractivity contribution is -0.113. The summed E-state index contributed by atoms with van der Waals surface area (Å²) >= 11 is 3.00. The van der Waals surface area contributed by atoms with Crippen molar-refractivity contribution >= 4 is 50.7 Å². The number of ether oxygens (including phenoxy) is 1. The predicted molar refractivity (Wildman–Crippen MR) is 131 cm³/mol. The molecule has 32 heavy (non-hydrogen) atoms. The minimum atomic E-state index is -0.139. The van der Waals surface area contributed by atoms with Gasteiger partial charge in [-0.05, 0) is 55.5 Å². The number of para-hydroxylation sites is 1. The summed E-state index contributed by atoms with van der Waals surface area (Å²) in [6, 6.07) is 16.8. The fourth-order valence-corrected chi connectivity index (χ4v) is 5.80. The maximum Gasteiger partial charge on any atom is 0.234 e. The van der Waals surface area contributed by atoms with Gasteiger partial charge in [0.05, 0.1) is 11.1 Å². The molecule has 0 radical (unpaired) electrons. The van der Waals surface area contributed by atoms with Crippen molar-refractivity contribution in [3.05, 3.63) is 65.0 Å². The Kier molecular flexibility index (Phi) is 5.96. The number of aromatic nitrogens is 2. The van der Waals surface area contributed by atoms with E-state index in [0.29, 0.717) is 22.4 Å². The van der Waals surface area contributed by atoms with Crippen molar-refractivity contribution in [1.82, 2.24) is 9.97 Å². The van der Waals surface area contributed by atoms with Crippen molar-refractivity contribution in [2.45, 2.75) is 30.8 Å². The second-order valence-corrected chi connectivity index (χ2v) is 9.59. The third-order valence-corrected chi connectivity index (χ3v) is 7.28. The number of nitrogen functional groups attached to an aromatic ring is 1. The smallest absolute Gasteiger partial charge is 0.234 e. The lowest BCUT2D eigenvalue weighted by atomic mass is 9.97. The normalized spacial score (nSPS) is 13.0. The Bertz CT molecular complexity index is 1270. The first-order valence-electron chi connectivity index (χ1n) is 10.5. The van der Waals surface area contributed by atoms with Crippen LogP contribution in [0.5, 0.6) is 11.5 Å². The van der Waals surface area contributed by atoms with Gasteiger partial charge in [-0.2, -0.15) is 0 Å². The van der Waals surface area contributed by atoms with E-state index in [4.69, 9.17) is 10.5 Å². The molecule has 6 nitrogen and oxygen atoms in total. The molecular formula is C24H22N4O2S2. The summed E-state index contributed by atoms with van der Waals surface area (Å²) in [6.07, 6.45) is 4.54. The fourth-order valence-electron chi connectivity index (χ4n) is 3.82. The van der Waals surface area contributed by atoms with Gasteiger partial charge in [-0.25, -0.2) is 9.97 Å². The van der Waals surface area contributed by atoms with Crippen LogP contribution in [0, 0.1) is 0 Å². The Labute approximate surface area is 194 Å². The second-order valence-electron chi connectivity index (χ2n) is 7.56. The van der Waals surface area contributed by atoms with Gasteiger partial charge in [0.2, 0.25) is 5.91 Å². The van der Waals surface area contributed by atoms with Crippen molar-refractivity contribution in [2.24, 2.45) is 0 Å². The van der Waals surface area contributed by atoms with Gasteiger partial charge in [0.1, 0.15) is 22.1 Å². The molecule has 1 aliphatic carbocycles. The molecule has 162 valence electrons. The molecule has 2 heterocycles. The van der Waals surface area contributed by atoms with Crippen molar-refractivity contribution in [2.75, 3.05) is 16.8 Å². The number of fused-ring (bicyclic) bond motifs is 3. The van der Waals surface area contributed by atoms with Gasteiger partial charge in [0.25, 0.3) is 0 Å². The number of hydrogen-bond donors (Lipinski definition) is 2. The zero-order valence-corrected chi connectivity index (χ0v) is 19.0. The molecule has 0 saturated heterocycles. The van der Waals surface area contributed by atoms with E-state index in [1.54, 1.807) is 17.4 Å². The molecule has 1 amide bonds. The Hall–Kier alpha value is -3.10. The van der Waals surface area contributed by atoms with Crippen LogP contribution in [0.15, 0.2) is 59.8 Å². The molecule has 4 aromatic rings. The number of rotatable bonds is 6. The molecule has 0 saturated carbocycles. The Morgan fingerprint density at radius 3 is 2.75 bits per heavy atom. The molecule has 0 atom stereocenters. The van der Waals surface area contributed by atoms with Crippen LogP contribution < -0.4 is 15.8 Å². The number of thioether (sulfide) groups is 1. The van der Waals surface area contributed by atoms with E-state index in [0.717, 1.165) is 28.8 Å². The van der Waals surface area contributed by atoms with Crippen molar-refractivity contribution in [3.8, 4) is 11.5 Å². The second kappa shape index (κ2) is 9.18. The average molecular weight is 463 g/mol. The van der Waals surface area contributed by atoms with E-state index in [2.05, 4.69) is 15.3 Å². The van der Waals surface area contributed by atoms with Crippen molar-refractivity contribution in [3.63, 3.8) is 0 Å². The van der Waals surface area contributed by atoms with E-state index in [1.165, 1.54) is 35.0 Å². The molecule has 0 aliphatic heterocycles. The number of amides is 1. The molecule has 0 bridgehead atoms. The molecule has 0 fully saturated rings. The van der Waals surface area contributed by atoms with Gasteiger partial charge in [-0.1, -0.05) is 36.0 Å². The van der Waals surface area contributed by atoms with Crippen LogP contribution in [-0.2, 0) is 17.6 Å². The van der Waals surface area contributed by atoms with Gasteiger partial charge >= 0.3 is 0 Å². The molecule has 1 aliphatic rings. The monoisotopic (exact) mass is 462 g/mol. The summed E-state index contributed by atoms with van der Waals surface area (Å²) in [4.78, 5) is 23.9. The third-order valence-electron chi connectivity index (χ3n) is 5.25. The largest absolute Gasteiger partial charge is 0.457 e. The van der Waals surface area contributed by atoms with Crippen molar-refractivity contribution in [1.29, 1.82) is 0 Å². The van der Waals surface area contributed by atoms with Crippen LogP contribution in [0.2, 0.25) is 0 Å². The number of nitrogens with one attached hydrogen (secondary N) is 1. The molecular weight excluding hydrogens is 440 g/mol. The summed E-state index contributed by atoms with van der Waals surface area (Å²) < 4.78 is 5.83. The van der Waals surface area contributed by atoms with Crippen molar-refractivity contribution < 1.29 is 9.53 Å². The quantitative estimate of drug-likeness (QED) is 0.283. The Morgan fingerprint density at radius 2 is 1.88 bits per heavy atom. The van der Waals surface area contributed by atoms with Crippen LogP contribution in [0.25, 0.3) is 10.2 Å². The number of carbonyl (C=O) groups is 1. The standard InChI is InChI=1S/C24H22N4O2S2/c25-22-21-18-11-4-5-12-19(18)32-23(21)28-24(27-22)31-14-20(29)26-15-7-6-10-17(13-15)30-16-8-2-1-3-9-16/h1-3,6-10,13H,4-5,11-12,14H2,(H,26,29)(H2,25,27,28). The van der Waals surface area contributed by atoms with Gasteiger partial charge < -0.3 is 15.8 Å². The number of nitrogens with zero attached hydrogens (tertiary/aromatic N) is 2. The first-order chi connectivity index (χ1) is 15.7. The Morgan fingerprint density at radius 1 is 1.06 bits per heavy atom. The van der Waals surface area contributed by atoms with Gasteiger partial charge in [-0.3, -0.25) is 4.79 Å². The highest BCUT2D eigenvalue weighted by molar-refractivity contribution is 7.99. The van der Waals surface area contributed by atoms with E-state index >= 15 is 0 Å². The average Bonchev–Trinajstić information content (AvgIpc) is 3.18. The number of carbonyl (C=O) groups excluding carboxylic acids is 1.